The van der Waals surface area contributed by atoms with E-state index in [-0.39, 0.29) is 17.3 Å². The van der Waals surface area contributed by atoms with Crippen molar-refractivity contribution in [3.05, 3.63) is 106 Å². The summed E-state index contributed by atoms with van der Waals surface area (Å²) in [7, 11) is 0. The van der Waals surface area contributed by atoms with Crippen LogP contribution in [-0.4, -0.2) is 16.7 Å². The summed E-state index contributed by atoms with van der Waals surface area (Å²) in [6.07, 6.45) is 1.55. The molecule has 1 N–H and O–H groups in total. The van der Waals surface area contributed by atoms with Crippen molar-refractivity contribution in [1.29, 1.82) is 0 Å². The Morgan fingerprint density at radius 2 is 1.58 bits per heavy atom. The Morgan fingerprint density at radius 1 is 0.885 bits per heavy atom. The number of rotatable bonds is 2. The molecule has 0 spiro atoms. The average molecular weight is 340 g/mol. The highest BCUT2D eigenvalue weighted by Gasteiger charge is 2.28. The van der Waals surface area contributed by atoms with E-state index in [4.69, 9.17) is 0 Å². The lowest BCUT2D eigenvalue weighted by Gasteiger charge is -2.23. The van der Waals surface area contributed by atoms with Crippen LogP contribution in [0.4, 0.5) is 0 Å². The topological polar surface area (TPSA) is 54.4 Å². The van der Waals surface area contributed by atoms with Crippen LogP contribution >= 0.6 is 0 Å². The van der Waals surface area contributed by atoms with E-state index in [1.807, 2.05) is 43.3 Å². The number of phenolic OH excluding ortho intramolecular Hbond substituents is 1. The van der Waals surface area contributed by atoms with Gasteiger partial charge < -0.3 is 5.11 Å². The van der Waals surface area contributed by atoms with Gasteiger partial charge in [-0.05, 0) is 47.4 Å². The summed E-state index contributed by atoms with van der Waals surface area (Å²) in [4.78, 5) is 25.7. The molecule has 126 valence electrons. The standard InChI is InChI=1S/C23H16O3/c1-14-6-4-11-18-20(13-21(25)15-7-5-8-16(24)12-15)17-9-2-3-10-19(17)23(26)22(14)18/h2-13,24H,1H3/b20-13+. The number of phenols is 1. The highest BCUT2D eigenvalue weighted by Crippen LogP contribution is 2.37. The van der Waals surface area contributed by atoms with Crippen molar-refractivity contribution in [3.63, 3.8) is 0 Å². The van der Waals surface area contributed by atoms with Crippen LogP contribution in [-0.2, 0) is 0 Å². The fourth-order valence-corrected chi connectivity index (χ4v) is 3.42. The summed E-state index contributed by atoms with van der Waals surface area (Å²) in [5.74, 6) is -0.187. The number of carbonyl (C=O) groups excluding carboxylic acids is 2. The van der Waals surface area contributed by atoms with Gasteiger partial charge >= 0.3 is 0 Å². The number of fused-ring (bicyclic) bond motifs is 2. The van der Waals surface area contributed by atoms with E-state index in [1.165, 1.54) is 12.1 Å². The van der Waals surface area contributed by atoms with Gasteiger partial charge in [0.25, 0.3) is 0 Å². The molecule has 0 amide bonds. The minimum atomic E-state index is -0.215. The monoisotopic (exact) mass is 340 g/mol. The van der Waals surface area contributed by atoms with Crippen LogP contribution in [0.5, 0.6) is 5.75 Å². The lowest BCUT2D eigenvalue weighted by molar-refractivity contribution is 0.103. The zero-order valence-corrected chi connectivity index (χ0v) is 14.2. The summed E-state index contributed by atoms with van der Waals surface area (Å²) in [5, 5.41) is 9.64. The van der Waals surface area contributed by atoms with Crippen LogP contribution in [0.3, 0.4) is 0 Å². The van der Waals surface area contributed by atoms with Crippen LogP contribution in [0.1, 0.15) is 43.0 Å². The molecule has 0 radical (unpaired) electrons. The van der Waals surface area contributed by atoms with Gasteiger partial charge in [0.1, 0.15) is 5.75 Å². The van der Waals surface area contributed by atoms with Crippen molar-refractivity contribution in [2.75, 3.05) is 0 Å². The second-order valence-corrected chi connectivity index (χ2v) is 6.34. The average Bonchev–Trinajstić information content (AvgIpc) is 2.65. The Labute approximate surface area is 151 Å². The first-order valence-electron chi connectivity index (χ1n) is 8.35. The third-order valence-corrected chi connectivity index (χ3v) is 4.66. The zero-order valence-electron chi connectivity index (χ0n) is 14.2. The van der Waals surface area contributed by atoms with Crippen LogP contribution in [0.2, 0.25) is 0 Å². The van der Waals surface area contributed by atoms with Crippen molar-refractivity contribution in [3.8, 4) is 5.75 Å². The van der Waals surface area contributed by atoms with E-state index in [0.29, 0.717) is 16.7 Å². The fourth-order valence-electron chi connectivity index (χ4n) is 3.42. The first kappa shape index (κ1) is 16.0. The molecule has 0 heterocycles. The maximum absolute atomic E-state index is 12.9. The maximum Gasteiger partial charge on any atom is 0.194 e. The molecule has 0 saturated heterocycles. The number of ketones is 2. The molecule has 3 heteroatoms. The van der Waals surface area contributed by atoms with E-state index >= 15 is 0 Å². The Bertz CT molecular complexity index is 1090. The third kappa shape index (κ3) is 2.54. The van der Waals surface area contributed by atoms with E-state index in [2.05, 4.69) is 0 Å². The van der Waals surface area contributed by atoms with Crippen molar-refractivity contribution in [2.24, 2.45) is 0 Å². The number of benzene rings is 3. The minimum Gasteiger partial charge on any atom is -0.508 e. The van der Waals surface area contributed by atoms with Crippen molar-refractivity contribution >= 4 is 17.1 Å². The molecule has 0 unspecified atom stereocenters. The smallest absolute Gasteiger partial charge is 0.194 e. The molecular weight excluding hydrogens is 324 g/mol. The molecule has 0 aromatic heterocycles. The molecule has 0 atom stereocenters. The van der Waals surface area contributed by atoms with E-state index in [0.717, 1.165) is 22.3 Å². The van der Waals surface area contributed by atoms with Crippen LogP contribution in [0.15, 0.2) is 72.8 Å². The van der Waals surface area contributed by atoms with Crippen LogP contribution in [0, 0.1) is 6.92 Å². The second-order valence-electron chi connectivity index (χ2n) is 6.34. The molecule has 0 aliphatic heterocycles. The number of hydrogen-bond donors (Lipinski definition) is 1. The predicted octanol–water partition coefficient (Wildman–Crippen LogP) is 4.56. The molecule has 0 saturated carbocycles. The quantitative estimate of drug-likeness (QED) is 0.430. The number of allylic oxidation sites excluding steroid dienone is 1. The van der Waals surface area contributed by atoms with E-state index in [9.17, 15) is 14.7 Å². The van der Waals surface area contributed by atoms with Gasteiger partial charge in [-0.1, -0.05) is 54.6 Å². The van der Waals surface area contributed by atoms with Gasteiger partial charge in [-0.2, -0.15) is 0 Å². The molecule has 1 aliphatic carbocycles. The molecule has 1 aliphatic rings. The number of hydrogen-bond acceptors (Lipinski definition) is 3. The summed E-state index contributed by atoms with van der Waals surface area (Å²) in [6, 6.07) is 19.3. The van der Waals surface area contributed by atoms with Gasteiger partial charge in [0.05, 0.1) is 0 Å². The molecule has 0 fully saturated rings. The highest BCUT2D eigenvalue weighted by molar-refractivity contribution is 6.22. The Hall–Kier alpha value is -3.46. The number of aromatic hydroxyl groups is 1. The van der Waals surface area contributed by atoms with Crippen molar-refractivity contribution < 1.29 is 14.7 Å². The zero-order chi connectivity index (χ0) is 18.3. The first-order chi connectivity index (χ1) is 12.6. The largest absolute Gasteiger partial charge is 0.508 e. The highest BCUT2D eigenvalue weighted by atomic mass is 16.3. The van der Waals surface area contributed by atoms with Crippen LogP contribution < -0.4 is 0 Å². The molecule has 3 nitrogen and oxygen atoms in total. The molecule has 4 rings (SSSR count). The Morgan fingerprint density at radius 3 is 2.35 bits per heavy atom. The predicted molar refractivity (Wildman–Crippen MR) is 101 cm³/mol. The third-order valence-electron chi connectivity index (χ3n) is 4.66. The van der Waals surface area contributed by atoms with Gasteiger partial charge in [-0.25, -0.2) is 0 Å². The fraction of sp³-hybridized carbons (Fsp3) is 0.0435. The van der Waals surface area contributed by atoms with Gasteiger partial charge in [0.2, 0.25) is 0 Å². The Kier molecular flexibility index (Phi) is 3.77. The molecule has 3 aromatic rings. The molecule has 26 heavy (non-hydrogen) atoms. The molecule has 3 aromatic carbocycles. The first-order valence-corrected chi connectivity index (χ1v) is 8.35. The van der Waals surface area contributed by atoms with Gasteiger partial charge in [0.15, 0.2) is 11.6 Å². The molecular formula is C23H16O3. The van der Waals surface area contributed by atoms with Crippen LogP contribution in [0.25, 0.3) is 5.57 Å². The van der Waals surface area contributed by atoms with E-state index in [1.54, 1.807) is 24.3 Å². The Balaban J connectivity index is 1.94. The van der Waals surface area contributed by atoms with Gasteiger partial charge in [-0.3, -0.25) is 9.59 Å². The summed E-state index contributed by atoms with van der Waals surface area (Å²) >= 11 is 0. The molecule has 0 bridgehead atoms. The maximum atomic E-state index is 12.9. The number of carbonyl (C=O) groups is 2. The summed E-state index contributed by atoms with van der Waals surface area (Å²) < 4.78 is 0. The summed E-state index contributed by atoms with van der Waals surface area (Å²) in [6.45, 7) is 1.90. The SMILES string of the molecule is Cc1cccc2c1C(=O)c1ccccc1/C2=C\C(=O)c1cccc(O)c1. The second kappa shape index (κ2) is 6.12. The summed E-state index contributed by atoms with van der Waals surface area (Å²) in [5.41, 5.74) is 4.78. The van der Waals surface area contributed by atoms with Crippen molar-refractivity contribution in [1.82, 2.24) is 0 Å². The minimum absolute atomic E-state index is 0.0179. The lowest BCUT2D eigenvalue weighted by Crippen LogP contribution is -2.16. The van der Waals surface area contributed by atoms with E-state index < -0.39 is 0 Å². The normalized spacial score (nSPS) is 14.0. The van der Waals surface area contributed by atoms with Gasteiger partial charge in [0, 0.05) is 16.7 Å². The van der Waals surface area contributed by atoms with Crippen molar-refractivity contribution in [2.45, 2.75) is 6.92 Å². The number of aryl methyl sites for hydroxylation is 1. The van der Waals surface area contributed by atoms with Gasteiger partial charge in [-0.15, -0.1) is 0 Å². The lowest BCUT2D eigenvalue weighted by atomic mass is 9.79.